The van der Waals surface area contributed by atoms with Crippen molar-refractivity contribution in [2.75, 3.05) is 63.2 Å². The quantitative estimate of drug-likeness (QED) is 0.487. The highest BCUT2D eigenvalue weighted by molar-refractivity contribution is 5.95. The first-order valence-corrected chi connectivity index (χ1v) is 11.1. The van der Waals surface area contributed by atoms with Gasteiger partial charge in [0, 0.05) is 50.2 Å². The Bertz CT molecular complexity index is 896. The van der Waals surface area contributed by atoms with Crippen LogP contribution >= 0.6 is 0 Å². The van der Waals surface area contributed by atoms with Crippen molar-refractivity contribution in [1.29, 1.82) is 0 Å². The molecule has 1 heterocycles. The van der Waals surface area contributed by atoms with E-state index in [0.29, 0.717) is 43.7 Å². The first kappa shape index (κ1) is 23.2. The Morgan fingerprint density at radius 3 is 2.44 bits per heavy atom. The van der Waals surface area contributed by atoms with Crippen molar-refractivity contribution in [3.63, 3.8) is 0 Å². The van der Waals surface area contributed by atoms with Crippen molar-refractivity contribution < 1.29 is 14.3 Å². The molecule has 8 nitrogen and oxygen atoms in total. The summed E-state index contributed by atoms with van der Waals surface area (Å²) >= 11 is 0. The van der Waals surface area contributed by atoms with Crippen LogP contribution in [0.1, 0.15) is 13.8 Å². The molecule has 2 N–H and O–H groups in total. The number of carbonyl (C=O) groups is 1. The molecule has 172 valence electrons. The zero-order valence-corrected chi connectivity index (χ0v) is 19.1. The molecule has 3 rings (SSSR count). The van der Waals surface area contributed by atoms with E-state index >= 15 is 0 Å². The number of nitrogens with one attached hydrogen (secondary N) is 2. The van der Waals surface area contributed by atoms with Gasteiger partial charge in [-0.3, -0.25) is 4.79 Å². The first-order chi connectivity index (χ1) is 15.6. The molecule has 0 unspecified atom stereocenters. The number of piperazine rings is 1. The fourth-order valence-electron chi connectivity index (χ4n) is 3.56. The summed E-state index contributed by atoms with van der Waals surface area (Å²) in [6, 6.07) is 15.9. The standard InChI is InChI=1S/C24H33N5O3/c1-4-25-24(27-19-11-12-21(32-5-2)22(17-19)31-3)26-18-23(30)29-15-13-28(14-16-29)20-9-7-6-8-10-20/h6-12,17H,4-5,13-16,18H2,1-3H3,(H2,25,26,27). The molecule has 1 aliphatic rings. The number of hydrogen-bond acceptors (Lipinski definition) is 5. The number of nitrogens with zero attached hydrogens (tertiary/aromatic N) is 3. The molecule has 32 heavy (non-hydrogen) atoms. The Kier molecular flexibility index (Phi) is 8.60. The second kappa shape index (κ2) is 11.8. The van der Waals surface area contributed by atoms with Crippen LogP contribution in [-0.2, 0) is 4.79 Å². The lowest BCUT2D eigenvalue weighted by molar-refractivity contribution is -0.129. The lowest BCUT2D eigenvalue weighted by Gasteiger charge is -2.36. The van der Waals surface area contributed by atoms with E-state index in [1.807, 2.05) is 55.1 Å². The summed E-state index contributed by atoms with van der Waals surface area (Å²) in [6.07, 6.45) is 0. The highest BCUT2D eigenvalue weighted by Gasteiger charge is 2.21. The lowest BCUT2D eigenvalue weighted by Crippen LogP contribution is -2.49. The average Bonchev–Trinajstić information content (AvgIpc) is 2.84. The number of rotatable bonds is 8. The number of hydrogen-bond donors (Lipinski definition) is 2. The van der Waals surface area contributed by atoms with Gasteiger partial charge in [0.25, 0.3) is 0 Å². The van der Waals surface area contributed by atoms with Crippen LogP contribution in [0.3, 0.4) is 0 Å². The van der Waals surface area contributed by atoms with Crippen LogP contribution in [0.2, 0.25) is 0 Å². The minimum Gasteiger partial charge on any atom is -0.493 e. The number of carbonyl (C=O) groups excluding carboxylic acids is 1. The zero-order chi connectivity index (χ0) is 22.8. The van der Waals surface area contributed by atoms with Gasteiger partial charge in [-0.15, -0.1) is 0 Å². The van der Waals surface area contributed by atoms with E-state index in [4.69, 9.17) is 9.47 Å². The fourth-order valence-corrected chi connectivity index (χ4v) is 3.56. The molecule has 1 amide bonds. The Hall–Kier alpha value is -3.42. The van der Waals surface area contributed by atoms with E-state index in [1.54, 1.807) is 7.11 Å². The summed E-state index contributed by atoms with van der Waals surface area (Å²) in [5, 5.41) is 6.42. The monoisotopic (exact) mass is 439 g/mol. The summed E-state index contributed by atoms with van der Waals surface area (Å²) in [7, 11) is 1.61. The number of amides is 1. The van der Waals surface area contributed by atoms with Gasteiger partial charge >= 0.3 is 0 Å². The topological polar surface area (TPSA) is 78.4 Å². The predicted molar refractivity (Wildman–Crippen MR) is 129 cm³/mol. The van der Waals surface area contributed by atoms with Gasteiger partial charge in [-0.25, -0.2) is 4.99 Å². The maximum Gasteiger partial charge on any atom is 0.244 e. The fraction of sp³-hybridized carbons (Fsp3) is 0.417. The second-order valence-electron chi connectivity index (χ2n) is 7.32. The minimum atomic E-state index is 0.0270. The summed E-state index contributed by atoms with van der Waals surface area (Å²) in [5.74, 6) is 1.90. The largest absolute Gasteiger partial charge is 0.493 e. The minimum absolute atomic E-state index is 0.0270. The average molecular weight is 440 g/mol. The van der Waals surface area contributed by atoms with Gasteiger partial charge in [0.1, 0.15) is 6.54 Å². The molecule has 2 aromatic carbocycles. The zero-order valence-electron chi connectivity index (χ0n) is 19.1. The van der Waals surface area contributed by atoms with Crippen LogP contribution in [0.15, 0.2) is 53.5 Å². The van der Waals surface area contributed by atoms with Gasteiger partial charge < -0.3 is 29.9 Å². The summed E-state index contributed by atoms with van der Waals surface area (Å²) in [4.78, 5) is 21.4. The molecule has 0 spiro atoms. The van der Waals surface area contributed by atoms with Crippen LogP contribution in [0.4, 0.5) is 11.4 Å². The molecular weight excluding hydrogens is 406 g/mol. The van der Waals surface area contributed by atoms with Crippen LogP contribution in [0.25, 0.3) is 0 Å². The number of aliphatic imine (C=N–C) groups is 1. The van der Waals surface area contributed by atoms with E-state index < -0.39 is 0 Å². The maximum absolute atomic E-state index is 12.7. The second-order valence-corrected chi connectivity index (χ2v) is 7.32. The van der Waals surface area contributed by atoms with Crippen molar-refractivity contribution in [3.8, 4) is 11.5 Å². The molecule has 2 aromatic rings. The number of anilines is 2. The molecule has 1 aliphatic heterocycles. The number of guanidine groups is 1. The number of para-hydroxylation sites is 1. The summed E-state index contributed by atoms with van der Waals surface area (Å²) < 4.78 is 11.0. The SMILES string of the molecule is CCNC(=NCC(=O)N1CCN(c2ccccc2)CC1)Nc1ccc(OCC)c(OC)c1. The third-order valence-corrected chi connectivity index (χ3v) is 5.20. The van der Waals surface area contributed by atoms with Gasteiger partial charge in [0.2, 0.25) is 5.91 Å². The number of benzene rings is 2. The van der Waals surface area contributed by atoms with Crippen molar-refractivity contribution in [2.24, 2.45) is 4.99 Å². The van der Waals surface area contributed by atoms with Gasteiger partial charge in [0.05, 0.1) is 13.7 Å². The van der Waals surface area contributed by atoms with E-state index in [9.17, 15) is 4.79 Å². The third-order valence-electron chi connectivity index (χ3n) is 5.20. The predicted octanol–water partition coefficient (Wildman–Crippen LogP) is 2.82. The van der Waals surface area contributed by atoms with Crippen LogP contribution in [0, 0.1) is 0 Å². The first-order valence-electron chi connectivity index (χ1n) is 11.1. The molecular formula is C24H33N5O3. The van der Waals surface area contributed by atoms with Crippen molar-refractivity contribution in [2.45, 2.75) is 13.8 Å². The van der Waals surface area contributed by atoms with Crippen LogP contribution in [-0.4, -0.2) is 69.8 Å². The molecule has 8 heteroatoms. The van der Waals surface area contributed by atoms with Crippen molar-refractivity contribution in [1.82, 2.24) is 10.2 Å². The molecule has 0 atom stereocenters. The molecule has 0 bridgehead atoms. The molecule has 1 fully saturated rings. The molecule has 0 aliphatic carbocycles. The normalized spacial score (nSPS) is 14.2. The third kappa shape index (κ3) is 6.29. The van der Waals surface area contributed by atoms with E-state index in [-0.39, 0.29) is 12.5 Å². The Labute approximate surface area is 190 Å². The van der Waals surface area contributed by atoms with E-state index in [2.05, 4.69) is 32.7 Å². The van der Waals surface area contributed by atoms with Gasteiger partial charge in [-0.1, -0.05) is 18.2 Å². The molecule has 0 radical (unpaired) electrons. The van der Waals surface area contributed by atoms with Crippen molar-refractivity contribution in [3.05, 3.63) is 48.5 Å². The Morgan fingerprint density at radius 2 is 1.78 bits per heavy atom. The van der Waals surface area contributed by atoms with Gasteiger partial charge in [-0.2, -0.15) is 0 Å². The number of ether oxygens (including phenoxy) is 2. The molecule has 0 aromatic heterocycles. The Balaban J connectivity index is 1.57. The van der Waals surface area contributed by atoms with E-state index in [0.717, 1.165) is 18.8 Å². The highest BCUT2D eigenvalue weighted by Crippen LogP contribution is 2.30. The van der Waals surface area contributed by atoms with Crippen LogP contribution < -0.4 is 25.0 Å². The molecule has 1 saturated heterocycles. The smallest absolute Gasteiger partial charge is 0.244 e. The Morgan fingerprint density at radius 1 is 1.03 bits per heavy atom. The summed E-state index contributed by atoms with van der Waals surface area (Å²) in [5.41, 5.74) is 2.00. The molecule has 0 saturated carbocycles. The van der Waals surface area contributed by atoms with E-state index in [1.165, 1.54) is 5.69 Å². The maximum atomic E-state index is 12.7. The van der Waals surface area contributed by atoms with Gasteiger partial charge in [0.15, 0.2) is 17.5 Å². The number of methoxy groups -OCH3 is 1. The highest BCUT2D eigenvalue weighted by atomic mass is 16.5. The summed E-state index contributed by atoms with van der Waals surface area (Å²) in [6.45, 7) is 8.30. The van der Waals surface area contributed by atoms with Gasteiger partial charge in [-0.05, 0) is 38.1 Å². The van der Waals surface area contributed by atoms with Crippen LogP contribution in [0.5, 0.6) is 11.5 Å². The van der Waals surface area contributed by atoms with Crippen molar-refractivity contribution >= 4 is 23.2 Å². The lowest BCUT2D eigenvalue weighted by atomic mass is 10.2.